The molecule has 0 spiro atoms. The van der Waals surface area contributed by atoms with Crippen LogP contribution in [-0.4, -0.2) is 54.0 Å². The molecule has 9 heteroatoms. The summed E-state index contributed by atoms with van der Waals surface area (Å²) in [6.07, 6.45) is 1.44. The molecular formula is C14H14N2O5S2. The Morgan fingerprint density at radius 2 is 2.26 bits per heavy atom. The number of para-hydroxylation sites is 1. The van der Waals surface area contributed by atoms with Gasteiger partial charge in [0.2, 0.25) is 0 Å². The molecule has 1 aliphatic heterocycles. The quantitative estimate of drug-likeness (QED) is 0.434. The van der Waals surface area contributed by atoms with Crippen LogP contribution >= 0.6 is 24.0 Å². The van der Waals surface area contributed by atoms with Crippen LogP contribution in [0, 0.1) is 0 Å². The monoisotopic (exact) mass is 354 g/mol. The smallest absolute Gasteiger partial charge is 0.343 e. The first-order valence-corrected chi connectivity index (χ1v) is 7.86. The summed E-state index contributed by atoms with van der Waals surface area (Å²) in [5, 5.41) is 5.24. The van der Waals surface area contributed by atoms with Crippen molar-refractivity contribution in [3.05, 3.63) is 23.8 Å². The van der Waals surface area contributed by atoms with E-state index in [1.807, 2.05) is 0 Å². The van der Waals surface area contributed by atoms with E-state index in [4.69, 9.17) is 21.7 Å². The molecule has 1 fully saturated rings. The van der Waals surface area contributed by atoms with Gasteiger partial charge in [0.25, 0.3) is 5.91 Å². The fraction of sp³-hybridized carbons (Fsp3) is 0.286. The average Bonchev–Trinajstić information content (AvgIpc) is 2.89. The van der Waals surface area contributed by atoms with Gasteiger partial charge in [-0.1, -0.05) is 30.0 Å². The van der Waals surface area contributed by atoms with Crippen LogP contribution in [-0.2, 0) is 14.3 Å². The third-order valence-corrected chi connectivity index (χ3v) is 4.17. The predicted molar refractivity (Wildman–Crippen MR) is 90.0 cm³/mol. The van der Waals surface area contributed by atoms with Crippen molar-refractivity contribution in [2.24, 2.45) is 5.10 Å². The maximum atomic E-state index is 11.7. The molecule has 1 saturated heterocycles. The molecule has 2 rings (SSSR count). The molecule has 0 aliphatic carbocycles. The van der Waals surface area contributed by atoms with Gasteiger partial charge in [-0.05, 0) is 12.1 Å². The summed E-state index contributed by atoms with van der Waals surface area (Å²) >= 11 is 6.31. The van der Waals surface area contributed by atoms with Gasteiger partial charge in [0.1, 0.15) is 0 Å². The summed E-state index contributed by atoms with van der Waals surface area (Å²) in [6.45, 7) is -0.269. The van der Waals surface area contributed by atoms with Crippen molar-refractivity contribution in [2.75, 3.05) is 26.6 Å². The van der Waals surface area contributed by atoms with E-state index in [9.17, 15) is 9.59 Å². The highest BCUT2D eigenvalue weighted by Crippen LogP contribution is 2.30. The molecule has 0 radical (unpaired) electrons. The highest BCUT2D eigenvalue weighted by atomic mass is 32.2. The summed E-state index contributed by atoms with van der Waals surface area (Å²) in [4.78, 5) is 22.9. The zero-order chi connectivity index (χ0) is 16.8. The molecule has 1 aromatic rings. The SMILES string of the molecule is COC(=O)COc1c(/C=N/N2C(=O)CSC2=S)cccc1OC. The van der Waals surface area contributed by atoms with Gasteiger partial charge in [-0.15, -0.1) is 0 Å². The van der Waals surface area contributed by atoms with Crippen LogP contribution in [0.4, 0.5) is 0 Å². The summed E-state index contributed by atoms with van der Waals surface area (Å²) in [5.41, 5.74) is 0.542. The molecule has 122 valence electrons. The first-order valence-electron chi connectivity index (χ1n) is 6.47. The van der Waals surface area contributed by atoms with Crippen molar-refractivity contribution >= 4 is 46.4 Å². The number of esters is 1. The minimum Gasteiger partial charge on any atom is -0.493 e. The summed E-state index contributed by atoms with van der Waals surface area (Å²) in [6, 6.07) is 5.14. The van der Waals surface area contributed by atoms with Crippen molar-refractivity contribution in [3.8, 4) is 11.5 Å². The van der Waals surface area contributed by atoms with Gasteiger partial charge in [-0.25, -0.2) is 4.79 Å². The standard InChI is InChI=1S/C14H14N2O5S2/c1-19-10-5-3-4-9(13(10)21-7-12(18)20-2)6-15-16-11(17)8-23-14(16)22/h3-6H,7-8H2,1-2H3/b15-6+. The number of rotatable bonds is 6. The van der Waals surface area contributed by atoms with E-state index in [-0.39, 0.29) is 18.3 Å². The molecule has 0 unspecified atom stereocenters. The minimum absolute atomic E-state index is 0.184. The number of thiocarbonyl (C=S) groups is 1. The average molecular weight is 354 g/mol. The highest BCUT2D eigenvalue weighted by molar-refractivity contribution is 8.23. The Balaban J connectivity index is 2.25. The molecule has 0 aromatic heterocycles. The summed E-state index contributed by atoms with van der Waals surface area (Å²) in [7, 11) is 2.75. The van der Waals surface area contributed by atoms with Crippen molar-refractivity contribution in [2.45, 2.75) is 0 Å². The third-order valence-electron chi connectivity index (χ3n) is 2.83. The van der Waals surface area contributed by atoms with Crippen LogP contribution in [0.2, 0.25) is 0 Å². The van der Waals surface area contributed by atoms with Crippen molar-refractivity contribution in [1.82, 2.24) is 5.01 Å². The van der Waals surface area contributed by atoms with Gasteiger partial charge in [-0.2, -0.15) is 10.1 Å². The normalized spacial score (nSPS) is 14.4. The van der Waals surface area contributed by atoms with Crippen LogP contribution in [0.25, 0.3) is 0 Å². The van der Waals surface area contributed by atoms with E-state index in [0.717, 1.165) is 5.01 Å². The van der Waals surface area contributed by atoms with Gasteiger partial charge in [0, 0.05) is 5.56 Å². The lowest BCUT2D eigenvalue weighted by Gasteiger charge is -2.13. The molecule has 0 saturated carbocycles. The van der Waals surface area contributed by atoms with E-state index < -0.39 is 5.97 Å². The number of hydrogen-bond acceptors (Lipinski definition) is 8. The number of methoxy groups -OCH3 is 2. The number of amides is 1. The van der Waals surface area contributed by atoms with Gasteiger partial charge in [0.05, 0.1) is 26.2 Å². The Kier molecular flexibility index (Phi) is 5.94. The van der Waals surface area contributed by atoms with Crippen LogP contribution < -0.4 is 9.47 Å². The van der Waals surface area contributed by atoms with Crippen LogP contribution in [0.3, 0.4) is 0 Å². The highest BCUT2D eigenvalue weighted by Gasteiger charge is 2.26. The summed E-state index contributed by atoms with van der Waals surface area (Å²) < 4.78 is 15.6. The van der Waals surface area contributed by atoms with Crippen LogP contribution in [0.5, 0.6) is 11.5 Å². The number of carbonyl (C=O) groups excluding carboxylic acids is 2. The fourth-order valence-electron chi connectivity index (χ4n) is 1.72. The third kappa shape index (κ3) is 4.20. The van der Waals surface area contributed by atoms with E-state index in [1.54, 1.807) is 18.2 Å². The fourth-order valence-corrected chi connectivity index (χ4v) is 2.68. The molecule has 0 N–H and O–H groups in total. The largest absolute Gasteiger partial charge is 0.493 e. The Labute approximate surface area is 142 Å². The zero-order valence-electron chi connectivity index (χ0n) is 12.5. The second kappa shape index (κ2) is 7.93. The predicted octanol–water partition coefficient (Wildman–Crippen LogP) is 1.44. The lowest BCUT2D eigenvalue weighted by atomic mass is 10.2. The molecule has 1 amide bonds. The molecule has 1 heterocycles. The Morgan fingerprint density at radius 3 is 2.87 bits per heavy atom. The molecular weight excluding hydrogens is 340 g/mol. The van der Waals surface area contributed by atoms with Crippen molar-refractivity contribution in [1.29, 1.82) is 0 Å². The first kappa shape index (κ1) is 17.2. The topological polar surface area (TPSA) is 77.4 Å². The minimum atomic E-state index is -0.522. The maximum Gasteiger partial charge on any atom is 0.343 e. The lowest BCUT2D eigenvalue weighted by molar-refractivity contribution is -0.142. The lowest BCUT2D eigenvalue weighted by Crippen LogP contribution is -2.22. The van der Waals surface area contributed by atoms with Gasteiger partial charge in [-0.3, -0.25) is 4.79 Å². The second-order valence-corrected chi connectivity index (χ2v) is 5.86. The summed E-state index contributed by atoms with van der Waals surface area (Å²) in [5.74, 6) is 0.333. The van der Waals surface area contributed by atoms with E-state index in [1.165, 1.54) is 32.2 Å². The number of thioether (sulfide) groups is 1. The number of benzene rings is 1. The van der Waals surface area contributed by atoms with Crippen molar-refractivity contribution < 1.29 is 23.8 Å². The number of carbonyl (C=O) groups is 2. The molecule has 1 aromatic carbocycles. The van der Waals surface area contributed by atoms with Gasteiger partial charge < -0.3 is 14.2 Å². The second-order valence-electron chi connectivity index (χ2n) is 4.25. The van der Waals surface area contributed by atoms with E-state index >= 15 is 0 Å². The van der Waals surface area contributed by atoms with E-state index in [2.05, 4.69) is 9.84 Å². The Hall–Kier alpha value is -2.13. The molecule has 1 aliphatic rings. The van der Waals surface area contributed by atoms with Gasteiger partial charge in [0.15, 0.2) is 22.4 Å². The molecule has 0 bridgehead atoms. The Morgan fingerprint density at radius 1 is 1.48 bits per heavy atom. The first-order chi connectivity index (χ1) is 11.1. The van der Waals surface area contributed by atoms with Crippen LogP contribution in [0.15, 0.2) is 23.3 Å². The number of nitrogens with zero attached hydrogens (tertiary/aromatic N) is 2. The number of hydrazone groups is 1. The van der Waals surface area contributed by atoms with E-state index in [0.29, 0.717) is 21.4 Å². The van der Waals surface area contributed by atoms with Crippen molar-refractivity contribution in [3.63, 3.8) is 0 Å². The molecule has 23 heavy (non-hydrogen) atoms. The number of hydrogen-bond donors (Lipinski definition) is 0. The van der Waals surface area contributed by atoms with Crippen LogP contribution in [0.1, 0.15) is 5.56 Å². The maximum absolute atomic E-state index is 11.7. The molecule has 0 atom stereocenters. The number of ether oxygens (including phenoxy) is 3. The Bertz CT molecular complexity index is 647. The van der Waals surface area contributed by atoms with Gasteiger partial charge >= 0.3 is 5.97 Å². The molecule has 7 nitrogen and oxygen atoms in total. The zero-order valence-corrected chi connectivity index (χ0v) is 14.1.